The number of carbonyl (C=O) groups excluding carboxylic acids is 2. The van der Waals surface area contributed by atoms with Crippen LogP contribution in [-0.2, 0) is 21.6 Å². The number of ether oxygens (including phenoxy) is 1. The summed E-state index contributed by atoms with van der Waals surface area (Å²) in [6.07, 6.45) is 2.54. The van der Waals surface area contributed by atoms with Gasteiger partial charge in [0.05, 0.1) is 5.56 Å². The molecule has 0 unspecified atom stereocenters. The van der Waals surface area contributed by atoms with E-state index in [1.807, 2.05) is 53.4 Å². The summed E-state index contributed by atoms with van der Waals surface area (Å²) in [5.74, 6) is -0.0810. The molecule has 0 saturated carbocycles. The molecule has 0 aliphatic carbocycles. The standard InChI is InChI=1S/C21H20BrNO3/c22-18-8-4-1-5-15(18)9-10-19(24)23-13-11-21(12-14-23)17-7-3-2-6-16(17)20(25)26-21/h1-8H,9-14H2. The van der Waals surface area contributed by atoms with Gasteiger partial charge in [0.25, 0.3) is 0 Å². The third-order valence-corrected chi connectivity index (χ3v) is 6.19. The topological polar surface area (TPSA) is 46.6 Å². The van der Waals surface area contributed by atoms with Crippen molar-refractivity contribution >= 4 is 27.8 Å². The molecule has 2 aromatic carbocycles. The molecule has 5 heteroatoms. The van der Waals surface area contributed by atoms with E-state index < -0.39 is 5.60 Å². The van der Waals surface area contributed by atoms with Crippen molar-refractivity contribution in [3.05, 3.63) is 69.7 Å². The zero-order chi connectivity index (χ0) is 18.1. The van der Waals surface area contributed by atoms with E-state index in [1.54, 1.807) is 0 Å². The molecule has 2 aromatic rings. The van der Waals surface area contributed by atoms with Gasteiger partial charge >= 0.3 is 5.97 Å². The summed E-state index contributed by atoms with van der Waals surface area (Å²) in [7, 11) is 0. The van der Waals surface area contributed by atoms with E-state index in [-0.39, 0.29) is 11.9 Å². The van der Waals surface area contributed by atoms with Gasteiger partial charge in [-0.1, -0.05) is 52.3 Å². The molecule has 134 valence electrons. The molecular formula is C21H20BrNO3. The first-order chi connectivity index (χ1) is 12.6. The molecule has 0 radical (unpaired) electrons. The van der Waals surface area contributed by atoms with Gasteiger partial charge in [-0.15, -0.1) is 0 Å². The third-order valence-electron chi connectivity index (χ3n) is 5.42. The average Bonchev–Trinajstić information content (AvgIpc) is 2.94. The largest absolute Gasteiger partial charge is 0.450 e. The molecule has 4 nitrogen and oxygen atoms in total. The highest BCUT2D eigenvalue weighted by Crippen LogP contribution is 2.44. The van der Waals surface area contributed by atoms with Crippen molar-refractivity contribution in [1.29, 1.82) is 0 Å². The molecule has 1 saturated heterocycles. The van der Waals surface area contributed by atoms with Crippen LogP contribution >= 0.6 is 15.9 Å². The predicted octanol–water partition coefficient (Wildman–Crippen LogP) is 4.07. The SMILES string of the molecule is O=C1OC2(CCN(C(=O)CCc3ccccc3Br)CC2)c2ccccc21. The minimum atomic E-state index is -0.549. The first-order valence-electron chi connectivity index (χ1n) is 8.93. The zero-order valence-electron chi connectivity index (χ0n) is 14.4. The van der Waals surface area contributed by atoms with Gasteiger partial charge in [-0.2, -0.15) is 0 Å². The Morgan fingerprint density at radius 3 is 2.54 bits per heavy atom. The number of piperidine rings is 1. The van der Waals surface area contributed by atoms with Crippen molar-refractivity contribution in [2.45, 2.75) is 31.3 Å². The minimum Gasteiger partial charge on any atom is -0.450 e. The molecule has 0 bridgehead atoms. The number of carbonyl (C=O) groups is 2. The van der Waals surface area contributed by atoms with Crippen LogP contribution in [0.4, 0.5) is 0 Å². The lowest BCUT2D eigenvalue weighted by Crippen LogP contribution is -2.45. The van der Waals surface area contributed by atoms with Gasteiger partial charge in [0, 0.05) is 42.4 Å². The lowest BCUT2D eigenvalue weighted by atomic mass is 9.83. The summed E-state index contributed by atoms with van der Waals surface area (Å²) >= 11 is 3.53. The highest BCUT2D eigenvalue weighted by Gasteiger charge is 2.47. The van der Waals surface area contributed by atoms with Crippen molar-refractivity contribution in [3.8, 4) is 0 Å². The normalized spacial score (nSPS) is 17.9. The number of hydrogen-bond donors (Lipinski definition) is 0. The number of benzene rings is 2. The van der Waals surface area contributed by atoms with Gasteiger partial charge in [-0.25, -0.2) is 4.79 Å². The second-order valence-corrected chi connectivity index (χ2v) is 7.76. The summed E-state index contributed by atoms with van der Waals surface area (Å²) in [5, 5.41) is 0. The summed E-state index contributed by atoms with van der Waals surface area (Å²) in [6.45, 7) is 1.24. The van der Waals surface area contributed by atoms with Crippen LogP contribution in [0.15, 0.2) is 53.0 Å². The fourth-order valence-corrected chi connectivity index (χ4v) is 4.42. The summed E-state index contributed by atoms with van der Waals surface area (Å²) in [6, 6.07) is 15.6. The highest BCUT2D eigenvalue weighted by atomic mass is 79.9. The maximum atomic E-state index is 12.6. The van der Waals surface area contributed by atoms with E-state index in [4.69, 9.17) is 4.74 Å². The van der Waals surface area contributed by atoms with Crippen LogP contribution in [0.25, 0.3) is 0 Å². The quantitative estimate of drug-likeness (QED) is 0.712. The van der Waals surface area contributed by atoms with Gasteiger partial charge in [0.15, 0.2) is 0 Å². The number of fused-ring (bicyclic) bond motifs is 2. The first-order valence-corrected chi connectivity index (χ1v) is 9.72. The van der Waals surface area contributed by atoms with Crippen LogP contribution in [0.3, 0.4) is 0 Å². The van der Waals surface area contributed by atoms with Gasteiger partial charge in [0.2, 0.25) is 5.91 Å². The average molecular weight is 414 g/mol. The molecule has 2 aliphatic heterocycles. The summed E-state index contributed by atoms with van der Waals surface area (Å²) in [5.41, 5.74) is 2.24. The Balaban J connectivity index is 1.39. The lowest BCUT2D eigenvalue weighted by molar-refractivity contribution is -0.135. The second-order valence-electron chi connectivity index (χ2n) is 6.90. The predicted molar refractivity (Wildman–Crippen MR) is 102 cm³/mol. The number of amides is 1. The second kappa shape index (κ2) is 6.88. The van der Waals surface area contributed by atoms with Gasteiger partial charge in [-0.05, 0) is 24.1 Å². The molecule has 1 amide bonds. The summed E-state index contributed by atoms with van der Waals surface area (Å²) < 4.78 is 6.79. The van der Waals surface area contributed by atoms with E-state index in [2.05, 4.69) is 15.9 Å². The van der Waals surface area contributed by atoms with Crippen molar-refractivity contribution in [2.24, 2.45) is 0 Å². The molecule has 1 fully saturated rings. The van der Waals surface area contributed by atoms with Gasteiger partial charge < -0.3 is 9.64 Å². The van der Waals surface area contributed by atoms with E-state index in [0.29, 0.717) is 37.9 Å². The number of halogens is 1. The number of hydrogen-bond acceptors (Lipinski definition) is 3. The van der Waals surface area contributed by atoms with E-state index in [1.165, 1.54) is 0 Å². The van der Waals surface area contributed by atoms with Crippen LogP contribution < -0.4 is 0 Å². The van der Waals surface area contributed by atoms with Crippen LogP contribution in [0, 0.1) is 0 Å². The molecule has 1 spiro atoms. The number of esters is 1. The Morgan fingerprint density at radius 2 is 1.77 bits per heavy atom. The highest BCUT2D eigenvalue weighted by molar-refractivity contribution is 9.10. The van der Waals surface area contributed by atoms with E-state index in [0.717, 1.165) is 22.0 Å². The molecule has 0 atom stereocenters. The van der Waals surface area contributed by atoms with Crippen LogP contribution in [0.2, 0.25) is 0 Å². The fourth-order valence-electron chi connectivity index (χ4n) is 3.94. The van der Waals surface area contributed by atoms with Gasteiger partial charge in [0.1, 0.15) is 5.60 Å². The zero-order valence-corrected chi connectivity index (χ0v) is 16.0. The molecule has 4 rings (SSSR count). The van der Waals surface area contributed by atoms with Crippen LogP contribution in [0.5, 0.6) is 0 Å². The Morgan fingerprint density at radius 1 is 1.08 bits per heavy atom. The Labute approximate surface area is 161 Å². The minimum absolute atomic E-state index is 0.160. The van der Waals surface area contributed by atoms with Gasteiger partial charge in [-0.3, -0.25) is 4.79 Å². The number of nitrogens with zero attached hydrogens (tertiary/aromatic N) is 1. The maximum absolute atomic E-state index is 12.6. The Hall–Kier alpha value is -2.14. The molecule has 26 heavy (non-hydrogen) atoms. The Kier molecular flexibility index (Phi) is 4.57. The van der Waals surface area contributed by atoms with Crippen LogP contribution in [0.1, 0.15) is 40.7 Å². The maximum Gasteiger partial charge on any atom is 0.339 e. The number of likely N-dealkylation sites (tertiary alicyclic amines) is 1. The van der Waals surface area contributed by atoms with Crippen molar-refractivity contribution in [3.63, 3.8) is 0 Å². The lowest BCUT2D eigenvalue weighted by Gasteiger charge is -2.38. The number of aryl methyl sites for hydroxylation is 1. The third kappa shape index (κ3) is 3.05. The molecule has 0 N–H and O–H groups in total. The molecule has 2 heterocycles. The van der Waals surface area contributed by atoms with Crippen molar-refractivity contribution in [1.82, 2.24) is 4.90 Å². The smallest absolute Gasteiger partial charge is 0.339 e. The fraction of sp³-hybridized carbons (Fsp3) is 0.333. The van der Waals surface area contributed by atoms with E-state index >= 15 is 0 Å². The Bertz CT molecular complexity index is 856. The van der Waals surface area contributed by atoms with Crippen LogP contribution in [-0.4, -0.2) is 29.9 Å². The number of rotatable bonds is 3. The summed E-state index contributed by atoms with van der Waals surface area (Å²) in [4.78, 5) is 26.6. The van der Waals surface area contributed by atoms with Crippen molar-refractivity contribution in [2.75, 3.05) is 13.1 Å². The van der Waals surface area contributed by atoms with E-state index in [9.17, 15) is 9.59 Å². The molecule has 2 aliphatic rings. The first kappa shape index (κ1) is 17.3. The van der Waals surface area contributed by atoms with Crippen molar-refractivity contribution < 1.29 is 14.3 Å². The molecule has 0 aromatic heterocycles. The molecular weight excluding hydrogens is 394 g/mol. The monoisotopic (exact) mass is 413 g/mol.